The van der Waals surface area contributed by atoms with Gasteiger partial charge in [0.25, 0.3) is 0 Å². The zero-order valence-electron chi connectivity index (χ0n) is 15.1. The van der Waals surface area contributed by atoms with Gasteiger partial charge in [0.1, 0.15) is 11.4 Å². The number of β-amino-alcohol motifs (C(OH)–C–C–N with tert-alkyl or cyclic N) is 1. The molecule has 1 fully saturated rings. The van der Waals surface area contributed by atoms with Gasteiger partial charge in [-0.2, -0.15) is 0 Å². The standard InChI is InChI=1S/C19H24N4O3/c1-22(17(24)12-15-5-3-6-16(11-15)26-2)13-19(25)7-10-23(14-19)18-20-8-4-9-21-18/h3-6,8-9,11,25H,7,10,12-14H2,1-2H3/t19-/m0/s1. The third kappa shape index (κ3) is 4.29. The third-order valence-corrected chi connectivity index (χ3v) is 4.61. The lowest BCUT2D eigenvalue weighted by Gasteiger charge is -2.29. The molecule has 0 bridgehead atoms. The Morgan fingerprint density at radius 3 is 2.85 bits per heavy atom. The van der Waals surface area contributed by atoms with E-state index >= 15 is 0 Å². The summed E-state index contributed by atoms with van der Waals surface area (Å²) >= 11 is 0. The number of nitrogens with zero attached hydrogens (tertiary/aromatic N) is 4. The van der Waals surface area contributed by atoms with E-state index in [-0.39, 0.29) is 18.9 Å². The lowest BCUT2D eigenvalue weighted by atomic mass is 10.0. The number of hydrogen-bond acceptors (Lipinski definition) is 6. The van der Waals surface area contributed by atoms with Crippen molar-refractivity contribution in [2.75, 3.05) is 38.7 Å². The van der Waals surface area contributed by atoms with E-state index in [1.807, 2.05) is 29.2 Å². The predicted molar refractivity (Wildman–Crippen MR) is 98.1 cm³/mol. The molecule has 1 saturated heterocycles. The van der Waals surface area contributed by atoms with Gasteiger partial charge in [-0.1, -0.05) is 12.1 Å². The minimum atomic E-state index is -0.960. The number of hydrogen-bond donors (Lipinski definition) is 1. The first kappa shape index (κ1) is 18.1. The van der Waals surface area contributed by atoms with Crippen LogP contribution in [0.3, 0.4) is 0 Å². The molecule has 1 amide bonds. The van der Waals surface area contributed by atoms with Crippen molar-refractivity contribution in [3.05, 3.63) is 48.3 Å². The van der Waals surface area contributed by atoms with Crippen molar-refractivity contribution in [1.82, 2.24) is 14.9 Å². The fraction of sp³-hybridized carbons (Fsp3) is 0.421. The van der Waals surface area contributed by atoms with Crippen LogP contribution in [0.15, 0.2) is 42.7 Å². The average molecular weight is 356 g/mol. The number of methoxy groups -OCH3 is 1. The van der Waals surface area contributed by atoms with Gasteiger partial charge in [-0.25, -0.2) is 9.97 Å². The van der Waals surface area contributed by atoms with Gasteiger partial charge < -0.3 is 19.6 Å². The Bertz CT molecular complexity index is 755. The summed E-state index contributed by atoms with van der Waals surface area (Å²) in [4.78, 5) is 24.5. The highest BCUT2D eigenvalue weighted by Crippen LogP contribution is 2.25. The summed E-state index contributed by atoms with van der Waals surface area (Å²) < 4.78 is 5.19. The Labute approximate surface area is 153 Å². The fourth-order valence-corrected chi connectivity index (χ4v) is 3.23. The molecule has 0 aliphatic carbocycles. The maximum Gasteiger partial charge on any atom is 0.226 e. The number of anilines is 1. The van der Waals surface area contributed by atoms with Crippen molar-refractivity contribution < 1.29 is 14.6 Å². The van der Waals surface area contributed by atoms with Crippen LogP contribution in [0, 0.1) is 0 Å². The predicted octanol–water partition coefficient (Wildman–Crippen LogP) is 1.13. The lowest BCUT2D eigenvalue weighted by Crippen LogP contribution is -2.46. The van der Waals surface area contributed by atoms with Crippen molar-refractivity contribution in [3.63, 3.8) is 0 Å². The van der Waals surface area contributed by atoms with E-state index in [2.05, 4.69) is 9.97 Å². The summed E-state index contributed by atoms with van der Waals surface area (Å²) in [6, 6.07) is 9.22. The molecule has 0 saturated carbocycles. The van der Waals surface area contributed by atoms with E-state index in [1.54, 1.807) is 37.5 Å². The number of ether oxygens (including phenoxy) is 1. The van der Waals surface area contributed by atoms with E-state index in [0.29, 0.717) is 25.5 Å². The van der Waals surface area contributed by atoms with Crippen LogP contribution in [0.4, 0.5) is 5.95 Å². The third-order valence-electron chi connectivity index (χ3n) is 4.61. The van der Waals surface area contributed by atoms with Crippen molar-refractivity contribution in [1.29, 1.82) is 0 Å². The van der Waals surface area contributed by atoms with Gasteiger partial charge in [-0.15, -0.1) is 0 Å². The molecule has 0 spiro atoms. The molecule has 1 N–H and O–H groups in total. The van der Waals surface area contributed by atoms with E-state index in [9.17, 15) is 9.90 Å². The molecule has 2 heterocycles. The lowest BCUT2D eigenvalue weighted by molar-refractivity contribution is -0.132. The average Bonchev–Trinajstić information content (AvgIpc) is 3.04. The molecule has 0 unspecified atom stereocenters. The molecule has 7 nitrogen and oxygen atoms in total. The van der Waals surface area contributed by atoms with Crippen molar-refractivity contribution in [2.24, 2.45) is 0 Å². The molecule has 0 radical (unpaired) electrons. The summed E-state index contributed by atoms with van der Waals surface area (Å²) in [5, 5.41) is 10.9. The fourth-order valence-electron chi connectivity index (χ4n) is 3.23. The zero-order chi connectivity index (χ0) is 18.6. The van der Waals surface area contributed by atoms with Crippen molar-refractivity contribution in [2.45, 2.75) is 18.4 Å². The van der Waals surface area contributed by atoms with E-state index in [0.717, 1.165) is 11.3 Å². The second kappa shape index (κ2) is 7.70. The maximum atomic E-state index is 12.5. The molecular formula is C19H24N4O3. The maximum absolute atomic E-state index is 12.5. The van der Waals surface area contributed by atoms with Crippen molar-refractivity contribution >= 4 is 11.9 Å². The van der Waals surface area contributed by atoms with Gasteiger partial charge in [0, 0.05) is 26.0 Å². The Morgan fingerprint density at radius 2 is 2.12 bits per heavy atom. The first-order valence-electron chi connectivity index (χ1n) is 8.60. The van der Waals surface area contributed by atoms with Crippen LogP contribution < -0.4 is 9.64 Å². The summed E-state index contributed by atoms with van der Waals surface area (Å²) in [6.07, 6.45) is 4.21. The topological polar surface area (TPSA) is 78.8 Å². The van der Waals surface area contributed by atoms with Crippen LogP contribution in [0.25, 0.3) is 0 Å². The SMILES string of the molecule is COc1cccc(CC(=O)N(C)C[C@@]2(O)CCN(c3ncccn3)C2)c1. The Kier molecular flexibility index (Phi) is 5.37. The second-order valence-corrected chi connectivity index (χ2v) is 6.72. The number of aliphatic hydroxyl groups is 1. The van der Waals surface area contributed by atoms with Gasteiger partial charge in [-0.05, 0) is 30.2 Å². The van der Waals surface area contributed by atoms with Crippen LogP contribution in [0.5, 0.6) is 5.75 Å². The van der Waals surface area contributed by atoms with Gasteiger partial charge >= 0.3 is 0 Å². The summed E-state index contributed by atoms with van der Waals surface area (Å²) in [7, 11) is 3.33. The molecule has 1 aliphatic heterocycles. The largest absolute Gasteiger partial charge is 0.497 e. The number of carbonyl (C=O) groups is 1. The molecular weight excluding hydrogens is 332 g/mol. The highest BCUT2D eigenvalue weighted by Gasteiger charge is 2.38. The van der Waals surface area contributed by atoms with Gasteiger partial charge in [-0.3, -0.25) is 4.79 Å². The number of likely N-dealkylation sites (N-methyl/N-ethyl adjacent to an activating group) is 1. The Hall–Kier alpha value is -2.67. The number of carbonyl (C=O) groups excluding carboxylic acids is 1. The van der Waals surface area contributed by atoms with Gasteiger partial charge in [0.2, 0.25) is 11.9 Å². The number of amides is 1. The van der Waals surface area contributed by atoms with E-state index < -0.39 is 5.60 Å². The second-order valence-electron chi connectivity index (χ2n) is 6.72. The smallest absolute Gasteiger partial charge is 0.226 e. The number of rotatable bonds is 6. The molecule has 1 aromatic heterocycles. The molecule has 26 heavy (non-hydrogen) atoms. The molecule has 7 heteroatoms. The Morgan fingerprint density at radius 1 is 1.35 bits per heavy atom. The molecule has 1 aromatic carbocycles. The number of aromatic nitrogens is 2. The highest BCUT2D eigenvalue weighted by atomic mass is 16.5. The molecule has 1 aliphatic rings. The Balaban J connectivity index is 1.58. The highest BCUT2D eigenvalue weighted by molar-refractivity contribution is 5.78. The monoisotopic (exact) mass is 356 g/mol. The van der Waals surface area contributed by atoms with E-state index in [1.165, 1.54) is 0 Å². The summed E-state index contributed by atoms with van der Waals surface area (Å²) in [6.45, 7) is 1.35. The minimum absolute atomic E-state index is 0.0407. The van der Waals surface area contributed by atoms with E-state index in [4.69, 9.17) is 4.74 Å². The van der Waals surface area contributed by atoms with Crippen LogP contribution in [-0.2, 0) is 11.2 Å². The summed E-state index contributed by atoms with van der Waals surface area (Å²) in [5.41, 5.74) is -0.0724. The van der Waals surface area contributed by atoms with Crippen LogP contribution in [0.2, 0.25) is 0 Å². The quantitative estimate of drug-likeness (QED) is 0.836. The molecule has 2 aromatic rings. The summed E-state index contributed by atoms with van der Waals surface area (Å²) in [5.74, 6) is 1.29. The molecule has 3 rings (SSSR count). The van der Waals surface area contributed by atoms with Crippen molar-refractivity contribution in [3.8, 4) is 5.75 Å². The van der Waals surface area contributed by atoms with Crippen LogP contribution >= 0.6 is 0 Å². The first-order valence-corrected chi connectivity index (χ1v) is 8.60. The molecule has 138 valence electrons. The number of benzene rings is 1. The van der Waals surface area contributed by atoms with Crippen LogP contribution in [-0.4, -0.2) is 65.3 Å². The molecule has 1 atom stereocenters. The van der Waals surface area contributed by atoms with Gasteiger partial charge in [0.05, 0.1) is 26.6 Å². The first-order chi connectivity index (χ1) is 12.5. The zero-order valence-corrected chi connectivity index (χ0v) is 15.1. The van der Waals surface area contributed by atoms with Gasteiger partial charge in [0.15, 0.2) is 0 Å². The van der Waals surface area contributed by atoms with Crippen LogP contribution in [0.1, 0.15) is 12.0 Å². The normalized spacial score (nSPS) is 19.4. The minimum Gasteiger partial charge on any atom is -0.497 e.